The van der Waals surface area contributed by atoms with E-state index in [9.17, 15) is 0 Å². The Balaban J connectivity index is 1.03. The number of benzene rings is 2. The molecule has 6 rings (SSSR count). The summed E-state index contributed by atoms with van der Waals surface area (Å²) in [5.74, 6) is 2.42. The molecule has 2 aromatic carbocycles. The normalized spacial score (nSPS) is 20.4. The Morgan fingerprint density at radius 1 is 1.00 bits per heavy atom. The van der Waals surface area contributed by atoms with Crippen molar-refractivity contribution in [2.24, 2.45) is 0 Å². The lowest BCUT2D eigenvalue weighted by atomic mass is 10.1. The summed E-state index contributed by atoms with van der Waals surface area (Å²) >= 11 is 0. The van der Waals surface area contributed by atoms with Gasteiger partial charge in [-0.05, 0) is 43.1 Å². The zero-order chi connectivity index (χ0) is 22.7. The zero-order valence-electron chi connectivity index (χ0n) is 19.4. The van der Waals surface area contributed by atoms with Crippen molar-refractivity contribution in [1.82, 2.24) is 9.88 Å². The first-order valence-corrected chi connectivity index (χ1v) is 12.3. The molecule has 3 aliphatic rings. The number of ether oxygens (including phenoxy) is 3. The molecule has 0 radical (unpaired) electrons. The van der Waals surface area contributed by atoms with E-state index in [1.807, 2.05) is 18.2 Å². The largest absolute Gasteiger partial charge is 0.494 e. The van der Waals surface area contributed by atoms with Crippen LogP contribution in [0.5, 0.6) is 5.75 Å². The predicted octanol–water partition coefficient (Wildman–Crippen LogP) is 4.85. The van der Waals surface area contributed by atoms with E-state index >= 15 is 0 Å². The van der Waals surface area contributed by atoms with Crippen molar-refractivity contribution in [2.45, 2.75) is 25.4 Å². The Labute approximate surface area is 200 Å². The lowest BCUT2D eigenvalue weighted by molar-refractivity contribution is 0.146. The highest BCUT2D eigenvalue weighted by Crippen LogP contribution is 2.33. The van der Waals surface area contributed by atoms with Gasteiger partial charge in [0.1, 0.15) is 12.0 Å². The smallest absolute Gasteiger partial charge is 0.165 e. The van der Waals surface area contributed by atoms with Crippen molar-refractivity contribution in [3.05, 3.63) is 84.1 Å². The van der Waals surface area contributed by atoms with E-state index in [0.29, 0.717) is 12.4 Å². The molecule has 3 aromatic rings. The Morgan fingerprint density at radius 3 is 2.79 bits per heavy atom. The number of rotatable bonds is 7. The van der Waals surface area contributed by atoms with E-state index in [1.54, 1.807) is 6.26 Å². The molecule has 6 heteroatoms. The van der Waals surface area contributed by atoms with Gasteiger partial charge in [-0.25, -0.2) is 0 Å². The van der Waals surface area contributed by atoms with Crippen LogP contribution in [0.4, 0.5) is 5.69 Å². The third kappa shape index (κ3) is 4.38. The van der Waals surface area contributed by atoms with Crippen molar-refractivity contribution in [3.63, 3.8) is 0 Å². The number of piperazine rings is 1. The minimum Gasteiger partial charge on any atom is -0.494 e. The number of hydrogen-bond acceptors (Lipinski definition) is 5. The highest BCUT2D eigenvalue weighted by molar-refractivity contribution is 5.83. The number of fused-ring (bicyclic) bond motifs is 2. The second-order valence-corrected chi connectivity index (χ2v) is 9.19. The number of aromatic nitrogens is 1. The Kier molecular flexibility index (Phi) is 5.90. The second-order valence-electron chi connectivity index (χ2n) is 9.19. The van der Waals surface area contributed by atoms with E-state index in [-0.39, 0.29) is 6.10 Å². The van der Waals surface area contributed by atoms with Gasteiger partial charge in [-0.2, -0.15) is 0 Å². The molecule has 0 spiro atoms. The number of nitrogens with one attached hydrogen (secondary N) is 1. The average molecular weight is 458 g/mol. The van der Waals surface area contributed by atoms with Crippen molar-refractivity contribution in [2.75, 3.05) is 44.2 Å². The third-order valence-electron chi connectivity index (χ3n) is 7.00. The molecule has 1 aromatic heterocycles. The van der Waals surface area contributed by atoms with Gasteiger partial charge in [0.15, 0.2) is 17.6 Å². The lowest BCUT2D eigenvalue weighted by Gasteiger charge is -2.36. The summed E-state index contributed by atoms with van der Waals surface area (Å²) in [4.78, 5) is 8.40. The Bertz CT molecular complexity index is 1210. The summed E-state index contributed by atoms with van der Waals surface area (Å²) in [5, 5.41) is 1.35. The van der Waals surface area contributed by atoms with E-state index in [2.05, 4.69) is 57.4 Å². The molecular weight excluding hydrogens is 426 g/mol. The van der Waals surface area contributed by atoms with E-state index < -0.39 is 0 Å². The molecule has 0 aliphatic carbocycles. The molecule has 6 nitrogen and oxygen atoms in total. The molecule has 34 heavy (non-hydrogen) atoms. The van der Waals surface area contributed by atoms with Crippen LogP contribution in [0, 0.1) is 0 Å². The third-order valence-corrected chi connectivity index (χ3v) is 7.00. The van der Waals surface area contributed by atoms with Crippen molar-refractivity contribution in [3.8, 4) is 5.75 Å². The summed E-state index contributed by atoms with van der Waals surface area (Å²) < 4.78 is 17.7. The van der Waals surface area contributed by atoms with Gasteiger partial charge in [-0.15, -0.1) is 0 Å². The zero-order valence-corrected chi connectivity index (χ0v) is 19.4. The molecule has 176 valence electrons. The number of nitrogens with zero attached hydrogens (tertiary/aromatic N) is 2. The Morgan fingerprint density at radius 2 is 1.85 bits per heavy atom. The summed E-state index contributed by atoms with van der Waals surface area (Å²) in [5.41, 5.74) is 3.79. The first kappa shape index (κ1) is 21.2. The molecule has 0 amide bonds. The average Bonchev–Trinajstić information content (AvgIpc) is 3.52. The quantitative estimate of drug-likeness (QED) is 0.550. The fourth-order valence-corrected chi connectivity index (χ4v) is 5.14. The fraction of sp³-hybridized carbons (Fsp3) is 0.357. The lowest BCUT2D eigenvalue weighted by Crippen LogP contribution is -2.46. The molecule has 3 aliphatic heterocycles. The van der Waals surface area contributed by atoms with E-state index in [0.717, 1.165) is 62.8 Å². The van der Waals surface area contributed by atoms with Crippen LogP contribution in [0.3, 0.4) is 0 Å². The van der Waals surface area contributed by atoms with Crippen LogP contribution in [-0.2, 0) is 15.9 Å². The first-order chi connectivity index (χ1) is 16.8. The maximum atomic E-state index is 6.24. The molecule has 0 bridgehead atoms. The van der Waals surface area contributed by atoms with Gasteiger partial charge < -0.3 is 24.1 Å². The minimum absolute atomic E-state index is 0.0478. The van der Waals surface area contributed by atoms with Gasteiger partial charge in [-0.3, -0.25) is 4.90 Å². The highest BCUT2D eigenvalue weighted by atomic mass is 16.6. The number of H-pyrrole nitrogens is 1. The van der Waals surface area contributed by atoms with Gasteiger partial charge in [0.25, 0.3) is 0 Å². The van der Waals surface area contributed by atoms with Gasteiger partial charge in [0.05, 0.1) is 12.3 Å². The highest BCUT2D eigenvalue weighted by Gasteiger charge is 2.28. The molecule has 2 saturated heterocycles. The standard InChI is InChI=1S/C28H31N3O3/c1-2-8-24-23(7-1)21(19-29-24)6-5-12-30-13-15-31(16-14-30)25-9-3-4-10-26(25)34-22-18-28-27(33-20-22)11-17-32-28/h1-4,7-10,18-20,27,29H,5-6,11-17H2. The molecule has 4 heterocycles. The summed E-state index contributed by atoms with van der Waals surface area (Å²) in [7, 11) is 0. The molecule has 1 unspecified atom stereocenters. The number of aromatic amines is 1. The maximum Gasteiger partial charge on any atom is 0.165 e. The van der Waals surface area contributed by atoms with Crippen LogP contribution >= 0.6 is 0 Å². The predicted molar refractivity (Wildman–Crippen MR) is 134 cm³/mol. The van der Waals surface area contributed by atoms with Crippen molar-refractivity contribution < 1.29 is 14.2 Å². The molecule has 2 fully saturated rings. The fourth-order valence-electron chi connectivity index (χ4n) is 5.14. The van der Waals surface area contributed by atoms with Gasteiger partial charge in [0, 0.05) is 55.8 Å². The van der Waals surface area contributed by atoms with Crippen molar-refractivity contribution in [1.29, 1.82) is 0 Å². The van der Waals surface area contributed by atoms with Crippen LogP contribution in [0.1, 0.15) is 18.4 Å². The SMILES string of the molecule is C1=C(Oc2ccccc2N2CCN(CCCc3c[nH]c4ccccc34)CC2)C=C2OCCC2O1. The second kappa shape index (κ2) is 9.47. The molecular formula is C28H31N3O3. The van der Waals surface area contributed by atoms with Crippen LogP contribution in [0.25, 0.3) is 10.9 Å². The number of hydrogen-bond donors (Lipinski definition) is 1. The van der Waals surface area contributed by atoms with Gasteiger partial charge in [0.2, 0.25) is 0 Å². The number of anilines is 1. The van der Waals surface area contributed by atoms with Gasteiger partial charge >= 0.3 is 0 Å². The molecule has 1 atom stereocenters. The van der Waals surface area contributed by atoms with Crippen LogP contribution in [-0.4, -0.2) is 55.3 Å². The number of aryl methyl sites for hydroxylation is 1. The minimum atomic E-state index is 0.0478. The van der Waals surface area contributed by atoms with Crippen LogP contribution in [0.15, 0.2) is 78.6 Å². The van der Waals surface area contributed by atoms with Crippen LogP contribution < -0.4 is 9.64 Å². The topological polar surface area (TPSA) is 50.0 Å². The summed E-state index contributed by atoms with van der Waals surface area (Å²) in [6.45, 7) is 5.95. The summed E-state index contributed by atoms with van der Waals surface area (Å²) in [6, 6.07) is 16.8. The monoisotopic (exact) mass is 457 g/mol. The molecule has 0 saturated carbocycles. The number of allylic oxidation sites excluding steroid dienone is 1. The molecule has 1 N–H and O–H groups in total. The first-order valence-electron chi connectivity index (χ1n) is 12.3. The maximum absolute atomic E-state index is 6.24. The number of para-hydroxylation sites is 3. The van der Waals surface area contributed by atoms with E-state index in [1.165, 1.54) is 22.9 Å². The summed E-state index contributed by atoms with van der Waals surface area (Å²) in [6.07, 6.45) is 9.08. The van der Waals surface area contributed by atoms with Crippen molar-refractivity contribution >= 4 is 16.6 Å². The Hall–Kier alpha value is -3.38. The van der Waals surface area contributed by atoms with Crippen LogP contribution in [0.2, 0.25) is 0 Å². The van der Waals surface area contributed by atoms with E-state index in [4.69, 9.17) is 14.2 Å². The van der Waals surface area contributed by atoms with Gasteiger partial charge in [-0.1, -0.05) is 30.3 Å².